The van der Waals surface area contributed by atoms with Gasteiger partial charge in [-0.3, -0.25) is 14.6 Å². The minimum Gasteiger partial charge on any atom is -0.492 e. The van der Waals surface area contributed by atoms with Gasteiger partial charge in [0.2, 0.25) is 5.91 Å². The maximum absolute atomic E-state index is 12.9. The zero-order chi connectivity index (χ0) is 20.6. The average Bonchev–Trinajstić information content (AvgIpc) is 2.67. The van der Waals surface area contributed by atoms with Crippen molar-refractivity contribution < 1.29 is 18.7 Å². The number of benzene rings is 1. The van der Waals surface area contributed by atoms with Crippen LogP contribution in [0.15, 0.2) is 24.3 Å². The molecular formula is C22H34FN3O3. The summed E-state index contributed by atoms with van der Waals surface area (Å²) in [4.78, 5) is 16.9. The number of carbonyl (C=O) groups is 1. The monoisotopic (exact) mass is 407 g/mol. The van der Waals surface area contributed by atoms with Crippen molar-refractivity contribution in [3.63, 3.8) is 0 Å². The van der Waals surface area contributed by atoms with E-state index in [2.05, 4.69) is 29.0 Å². The highest BCUT2D eigenvalue weighted by molar-refractivity contribution is 5.78. The maximum atomic E-state index is 12.9. The smallest absolute Gasteiger partial charge is 0.234 e. The molecule has 162 valence electrons. The van der Waals surface area contributed by atoms with E-state index in [0.717, 1.165) is 45.6 Å². The van der Waals surface area contributed by atoms with E-state index >= 15 is 0 Å². The van der Waals surface area contributed by atoms with Crippen LogP contribution in [0.1, 0.15) is 26.7 Å². The third-order valence-electron chi connectivity index (χ3n) is 5.59. The summed E-state index contributed by atoms with van der Waals surface area (Å²) in [5, 5.41) is 2.90. The number of morpholine rings is 1. The van der Waals surface area contributed by atoms with Crippen molar-refractivity contribution >= 4 is 5.91 Å². The van der Waals surface area contributed by atoms with Crippen LogP contribution in [0.2, 0.25) is 0 Å². The molecule has 2 aliphatic heterocycles. The lowest BCUT2D eigenvalue weighted by molar-refractivity contribution is -0.122. The Balaban J connectivity index is 1.27. The van der Waals surface area contributed by atoms with Gasteiger partial charge in [0.05, 0.1) is 25.3 Å². The Hall–Kier alpha value is -1.70. The summed E-state index contributed by atoms with van der Waals surface area (Å²) in [5.41, 5.74) is 0. The third kappa shape index (κ3) is 7.57. The molecule has 7 heteroatoms. The quantitative estimate of drug-likeness (QED) is 0.669. The van der Waals surface area contributed by atoms with Crippen LogP contribution in [0.3, 0.4) is 0 Å². The molecule has 0 spiro atoms. The van der Waals surface area contributed by atoms with E-state index in [1.54, 1.807) is 12.1 Å². The molecule has 1 N–H and O–H groups in total. The van der Waals surface area contributed by atoms with Gasteiger partial charge in [0.15, 0.2) is 0 Å². The fourth-order valence-corrected chi connectivity index (χ4v) is 4.27. The zero-order valence-electron chi connectivity index (χ0n) is 17.6. The van der Waals surface area contributed by atoms with E-state index in [1.807, 2.05) is 0 Å². The van der Waals surface area contributed by atoms with Crippen molar-refractivity contribution in [2.24, 2.45) is 5.92 Å². The Bertz CT molecular complexity index is 625. The average molecular weight is 408 g/mol. The molecule has 1 amide bonds. The zero-order valence-corrected chi connectivity index (χ0v) is 17.6. The van der Waals surface area contributed by atoms with Crippen LogP contribution in [0.4, 0.5) is 4.39 Å². The molecule has 0 aliphatic carbocycles. The summed E-state index contributed by atoms with van der Waals surface area (Å²) < 4.78 is 24.2. The van der Waals surface area contributed by atoms with Crippen LogP contribution in [0, 0.1) is 11.7 Å². The fraction of sp³-hybridized carbons (Fsp3) is 0.682. The molecule has 29 heavy (non-hydrogen) atoms. The summed E-state index contributed by atoms with van der Waals surface area (Å²) in [7, 11) is 0. The van der Waals surface area contributed by atoms with Crippen LogP contribution in [0.5, 0.6) is 5.75 Å². The maximum Gasteiger partial charge on any atom is 0.234 e. The SMILES string of the molecule is CC1CN(CC2CCN(CC(=O)NCCOc3ccc(F)cc3)CC2)CC(C)O1. The largest absolute Gasteiger partial charge is 0.492 e. The lowest BCUT2D eigenvalue weighted by Crippen LogP contribution is -2.49. The highest BCUT2D eigenvalue weighted by Crippen LogP contribution is 2.20. The number of hydrogen-bond acceptors (Lipinski definition) is 5. The van der Waals surface area contributed by atoms with E-state index in [9.17, 15) is 9.18 Å². The molecule has 1 aromatic rings. The lowest BCUT2D eigenvalue weighted by Gasteiger charge is -2.39. The van der Waals surface area contributed by atoms with E-state index in [1.165, 1.54) is 12.1 Å². The highest BCUT2D eigenvalue weighted by atomic mass is 19.1. The van der Waals surface area contributed by atoms with Crippen LogP contribution in [0.25, 0.3) is 0 Å². The molecule has 0 bridgehead atoms. The number of piperidine rings is 1. The molecule has 2 unspecified atom stereocenters. The van der Waals surface area contributed by atoms with E-state index < -0.39 is 0 Å². The second kappa shape index (κ2) is 10.9. The predicted octanol–water partition coefficient (Wildman–Crippen LogP) is 2.14. The Morgan fingerprint density at radius 2 is 1.79 bits per heavy atom. The molecule has 1 aromatic carbocycles. The summed E-state index contributed by atoms with van der Waals surface area (Å²) in [6, 6.07) is 5.88. The van der Waals surface area contributed by atoms with Crippen LogP contribution < -0.4 is 10.1 Å². The van der Waals surface area contributed by atoms with Crippen LogP contribution >= 0.6 is 0 Å². The molecule has 6 nitrogen and oxygen atoms in total. The number of carbonyl (C=O) groups excluding carboxylic acids is 1. The highest BCUT2D eigenvalue weighted by Gasteiger charge is 2.27. The van der Waals surface area contributed by atoms with Gasteiger partial charge in [-0.15, -0.1) is 0 Å². The molecule has 0 saturated carbocycles. The van der Waals surface area contributed by atoms with Gasteiger partial charge < -0.3 is 14.8 Å². The van der Waals surface area contributed by atoms with Gasteiger partial charge in [-0.2, -0.15) is 0 Å². The first-order valence-electron chi connectivity index (χ1n) is 10.7. The van der Waals surface area contributed by atoms with Gasteiger partial charge in [-0.25, -0.2) is 4.39 Å². The summed E-state index contributed by atoms with van der Waals surface area (Å²) in [6.45, 7) is 10.7. The minimum atomic E-state index is -0.288. The van der Waals surface area contributed by atoms with E-state index in [4.69, 9.17) is 9.47 Å². The van der Waals surface area contributed by atoms with E-state index in [-0.39, 0.29) is 11.7 Å². The predicted molar refractivity (Wildman–Crippen MR) is 111 cm³/mol. The van der Waals surface area contributed by atoms with Gasteiger partial charge in [0, 0.05) is 19.6 Å². The summed E-state index contributed by atoms with van der Waals surface area (Å²) >= 11 is 0. The summed E-state index contributed by atoms with van der Waals surface area (Å²) in [6.07, 6.45) is 2.91. The third-order valence-corrected chi connectivity index (χ3v) is 5.59. The van der Waals surface area contributed by atoms with Crippen molar-refractivity contribution in [1.29, 1.82) is 0 Å². The number of nitrogens with zero attached hydrogens (tertiary/aromatic N) is 2. The first-order chi connectivity index (χ1) is 14.0. The van der Waals surface area contributed by atoms with Gasteiger partial charge >= 0.3 is 0 Å². The topological polar surface area (TPSA) is 54.0 Å². The van der Waals surface area contributed by atoms with Crippen molar-refractivity contribution in [2.75, 3.05) is 52.4 Å². The molecule has 2 saturated heterocycles. The van der Waals surface area contributed by atoms with Crippen molar-refractivity contribution in [3.8, 4) is 5.75 Å². The first kappa shape index (κ1) is 22.0. The number of amides is 1. The van der Waals surface area contributed by atoms with Crippen molar-refractivity contribution in [1.82, 2.24) is 15.1 Å². The second-order valence-electron chi connectivity index (χ2n) is 8.35. The standard InChI is InChI=1S/C22H34FN3O3/c1-17-13-26(14-18(2)29-17)15-19-7-10-25(11-8-19)16-22(27)24-9-12-28-21-5-3-20(23)4-6-21/h3-6,17-19H,7-16H2,1-2H3,(H,24,27). The Morgan fingerprint density at radius 3 is 2.45 bits per heavy atom. The first-order valence-corrected chi connectivity index (χ1v) is 10.7. The molecule has 0 radical (unpaired) electrons. The normalized spacial score (nSPS) is 24.4. The number of likely N-dealkylation sites (tertiary alicyclic amines) is 1. The van der Waals surface area contributed by atoms with Crippen molar-refractivity contribution in [2.45, 2.75) is 38.9 Å². The van der Waals surface area contributed by atoms with Crippen molar-refractivity contribution in [3.05, 3.63) is 30.1 Å². The molecule has 2 aliphatic rings. The lowest BCUT2D eigenvalue weighted by atomic mass is 9.95. The van der Waals surface area contributed by atoms with Gasteiger partial charge in [0.25, 0.3) is 0 Å². The minimum absolute atomic E-state index is 0.0296. The Kier molecular flexibility index (Phi) is 8.27. The van der Waals surface area contributed by atoms with Crippen LogP contribution in [-0.4, -0.2) is 80.3 Å². The number of halogens is 1. The number of ether oxygens (including phenoxy) is 2. The molecule has 3 rings (SSSR count). The number of hydrogen-bond donors (Lipinski definition) is 1. The Labute approximate surface area is 173 Å². The van der Waals surface area contributed by atoms with Gasteiger partial charge in [-0.05, 0) is 70.0 Å². The van der Waals surface area contributed by atoms with Gasteiger partial charge in [-0.1, -0.05) is 0 Å². The molecule has 2 fully saturated rings. The number of rotatable bonds is 8. The fourth-order valence-electron chi connectivity index (χ4n) is 4.27. The second-order valence-corrected chi connectivity index (χ2v) is 8.35. The van der Waals surface area contributed by atoms with E-state index in [0.29, 0.717) is 43.6 Å². The number of nitrogens with one attached hydrogen (secondary N) is 1. The molecule has 0 aromatic heterocycles. The molecular weight excluding hydrogens is 373 g/mol. The van der Waals surface area contributed by atoms with Gasteiger partial charge in [0.1, 0.15) is 18.2 Å². The molecule has 2 atom stereocenters. The molecule has 2 heterocycles. The van der Waals surface area contributed by atoms with Crippen LogP contribution in [-0.2, 0) is 9.53 Å². The summed E-state index contributed by atoms with van der Waals surface area (Å²) in [5.74, 6) is 1.05. The Morgan fingerprint density at radius 1 is 1.14 bits per heavy atom.